The second kappa shape index (κ2) is 15.2. The third-order valence-electron chi connectivity index (χ3n) is 15.4. The molecule has 0 spiro atoms. The highest BCUT2D eigenvalue weighted by atomic mass is 16.3. The lowest BCUT2D eigenvalue weighted by Gasteiger charge is -2.46. The Morgan fingerprint density at radius 2 is 0.743 bits per heavy atom. The van der Waals surface area contributed by atoms with E-state index in [1.807, 2.05) is 0 Å². The molecule has 3 heterocycles. The number of fused-ring (bicyclic) bond motifs is 11. The second-order valence-corrected chi connectivity index (χ2v) is 24.3. The topological polar surface area (TPSA) is 19.6 Å². The molecule has 2 aliphatic rings. The molecular formula is C66H63BN2O. The normalized spacial score (nSPS) is 13.9. The van der Waals surface area contributed by atoms with Crippen molar-refractivity contribution in [3.05, 3.63) is 186 Å². The number of nitrogens with zero attached hydrogens (tertiary/aromatic N) is 2. The Labute approximate surface area is 414 Å². The predicted molar refractivity (Wildman–Crippen MR) is 303 cm³/mol. The lowest BCUT2D eigenvalue weighted by molar-refractivity contribution is 0.568. The van der Waals surface area contributed by atoms with Gasteiger partial charge in [0.1, 0.15) is 11.2 Å². The van der Waals surface area contributed by atoms with Crippen molar-refractivity contribution in [2.45, 2.75) is 105 Å². The molecule has 0 bridgehead atoms. The maximum Gasteiger partial charge on any atom is 0.253 e. The number of hydrogen-bond acceptors (Lipinski definition) is 3. The average molecular weight is 911 g/mol. The molecule has 0 N–H and O–H groups in total. The highest BCUT2D eigenvalue weighted by Gasteiger charge is 2.46. The first-order chi connectivity index (χ1) is 33.2. The lowest BCUT2D eigenvalue weighted by atomic mass is 9.32. The van der Waals surface area contributed by atoms with E-state index in [-0.39, 0.29) is 28.4 Å². The van der Waals surface area contributed by atoms with E-state index in [1.54, 1.807) is 0 Å². The monoisotopic (exact) mass is 911 g/mol. The summed E-state index contributed by atoms with van der Waals surface area (Å²) < 4.78 is 6.63. The van der Waals surface area contributed by atoms with Gasteiger partial charge in [-0.15, -0.1) is 0 Å². The zero-order chi connectivity index (χ0) is 48.8. The molecule has 0 radical (unpaired) electrons. The molecule has 70 heavy (non-hydrogen) atoms. The molecule has 10 aromatic rings. The smallest absolute Gasteiger partial charge is 0.253 e. The molecular weight excluding hydrogens is 848 g/mol. The molecule has 0 amide bonds. The minimum Gasteiger partial charge on any atom is -0.456 e. The summed E-state index contributed by atoms with van der Waals surface area (Å²) in [6, 6.07) is 62.6. The molecule has 4 heteroatoms. The van der Waals surface area contributed by atoms with Gasteiger partial charge in [-0.1, -0.05) is 180 Å². The summed E-state index contributed by atoms with van der Waals surface area (Å²) in [4.78, 5) is 5.26. The summed E-state index contributed by atoms with van der Waals surface area (Å²) in [5.74, 6) is 0. The van der Waals surface area contributed by atoms with Gasteiger partial charge in [-0.2, -0.15) is 0 Å². The van der Waals surface area contributed by atoms with E-state index in [2.05, 4.69) is 257 Å². The molecule has 0 unspecified atom stereocenters. The molecule has 0 saturated heterocycles. The fourth-order valence-corrected chi connectivity index (χ4v) is 11.4. The predicted octanol–water partition coefficient (Wildman–Crippen LogP) is 16.8. The van der Waals surface area contributed by atoms with Gasteiger partial charge in [0.05, 0.1) is 0 Å². The van der Waals surface area contributed by atoms with Gasteiger partial charge in [-0.3, -0.25) is 0 Å². The molecule has 9 aromatic carbocycles. The quantitative estimate of drug-likeness (QED) is 0.165. The molecule has 0 atom stereocenters. The molecule has 0 saturated carbocycles. The largest absolute Gasteiger partial charge is 0.456 e. The molecule has 2 aliphatic heterocycles. The van der Waals surface area contributed by atoms with Gasteiger partial charge in [0.15, 0.2) is 0 Å². The minimum absolute atomic E-state index is 0.0765. The van der Waals surface area contributed by atoms with Crippen LogP contribution in [0.25, 0.3) is 54.6 Å². The van der Waals surface area contributed by atoms with Crippen molar-refractivity contribution < 1.29 is 4.42 Å². The molecule has 3 nitrogen and oxygen atoms in total. The van der Waals surface area contributed by atoms with Crippen LogP contribution in [-0.2, 0) is 21.7 Å². The van der Waals surface area contributed by atoms with Gasteiger partial charge >= 0.3 is 0 Å². The van der Waals surface area contributed by atoms with Crippen LogP contribution in [0.3, 0.4) is 0 Å². The Morgan fingerprint density at radius 1 is 0.329 bits per heavy atom. The number of benzene rings is 9. The summed E-state index contributed by atoms with van der Waals surface area (Å²) in [6.07, 6.45) is 0. The first kappa shape index (κ1) is 44.2. The van der Waals surface area contributed by atoms with Crippen LogP contribution in [0.15, 0.2) is 168 Å². The standard InChI is InChI=1S/C66H63BN2O/c1-63(2,3)44-34-45(64(4,5)6)37-48(36-44)68-54-29-26-40-19-13-15-21-50(40)60(54)67-61-51-22-16-14-20-41(51)27-30-55(61)69(49-38-46(65(7,8)9)35-47(39-49)66(10,11)12)57-32-43(31-56(68)62(57)67)42-25-28-53-52-23-17-18-24-58(52)70-59(53)33-42/h13-39H,1-12H3. The van der Waals surface area contributed by atoms with Crippen LogP contribution in [0.2, 0.25) is 0 Å². The van der Waals surface area contributed by atoms with Crippen LogP contribution >= 0.6 is 0 Å². The summed E-state index contributed by atoms with van der Waals surface area (Å²) in [5, 5.41) is 7.33. The maximum atomic E-state index is 6.63. The van der Waals surface area contributed by atoms with Crippen molar-refractivity contribution in [2.75, 3.05) is 9.80 Å². The van der Waals surface area contributed by atoms with Crippen LogP contribution in [0, 0.1) is 0 Å². The summed E-state index contributed by atoms with van der Waals surface area (Å²) in [5.41, 5.74) is 20.2. The third kappa shape index (κ3) is 7.00. The van der Waals surface area contributed by atoms with Crippen molar-refractivity contribution in [3.8, 4) is 11.1 Å². The van der Waals surface area contributed by atoms with E-state index in [4.69, 9.17) is 4.42 Å². The maximum absolute atomic E-state index is 6.63. The van der Waals surface area contributed by atoms with E-state index < -0.39 is 0 Å². The highest BCUT2D eigenvalue weighted by molar-refractivity contribution is 7.03. The van der Waals surface area contributed by atoms with Gasteiger partial charge in [-0.05, 0) is 160 Å². The van der Waals surface area contributed by atoms with Crippen molar-refractivity contribution in [3.63, 3.8) is 0 Å². The zero-order valence-corrected chi connectivity index (χ0v) is 43.0. The Kier molecular flexibility index (Phi) is 9.62. The van der Waals surface area contributed by atoms with Crippen LogP contribution in [0.1, 0.15) is 105 Å². The average Bonchev–Trinajstić information content (AvgIpc) is 3.70. The van der Waals surface area contributed by atoms with Crippen LogP contribution < -0.4 is 26.2 Å². The van der Waals surface area contributed by atoms with Gasteiger partial charge in [-0.25, -0.2) is 0 Å². The SMILES string of the molecule is CC(C)(C)c1cc(N2c3cc(-c4ccc5c(c4)oc4ccccc45)cc4c3B(c3c2ccc2ccccc32)c2c(ccc3ccccc23)N4c2cc(C(C)(C)C)cc(C(C)(C)C)c2)cc(C(C)(C)C)c1. The van der Waals surface area contributed by atoms with E-state index >= 15 is 0 Å². The van der Waals surface area contributed by atoms with Crippen molar-refractivity contribution >= 4 is 101 Å². The fourth-order valence-electron chi connectivity index (χ4n) is 11.4. The number of hydrogen-bond donors (Lipinski definition) is 0. The lowest BCUT2D eigenvalue weighted by Crippen LogP contribution is -2.61. The summed E-state index contributed by atoms with van der Waals surface area (Å²) in [7, 11) is 0. The van der Waals surface area contributed by atoms with E-state index in [1.165, 1.54) is 94.3 Å². The molecule has 346 valence electrons. The van der Waals surface area contributed by atoms with Gasteiger partial charge < -0.3 is 14.2 Å². The Balaban J connectivity index is 1.27. The summed E-state index contributed by atoms with van der Waals surface area (Å²) in [6.45, 7) is 28.1. The van der Waals surface area contributed by atoms with Crippen molar-refractivity contribution in [1.82, 2.24) is 0 Å². The van der Waals surface area contributed by atoms with Gasteiger partial charge in [0.25, 0.3) is 6.71 Å². The number of anilines is 6. The molecule has 12 rings (SSSR count). The first-order valence-electron chi connectivity index (χ1n) is 25.3. The Bertz CT molecular complexity index is 3540. The van der Waals surface area contributed by atoms with E-state index in [0.717, 1.165) is 33.1 Å². The van der Waals surface area contributed by atoms with Crippen LogP contribution in [-0.4, -0.2) is 6.71 Å². The van der Waals surface area contributed by atoms with Gasteiger partial charge in [0.2, 0.25) is 0 Å². The van der Waals surface area contributed by atoms with E-state index in [9.17, 15) is 0 Å². The first-order valence-corrected chi connectivity index (χ1v) is 25.3. The second-order valence-electron chi connectivity index (χ2n) is 24.3. The Morgan fingerprint density at radius 3 is 1.20 bits per heavy atom. The van der Waals surface area contributed by atoms with Crippen molar-refractivity contribution in [1.29, 1.82) is 0 Å². The van der Waals surface area contributed by atoms with Gasteiger partial charge in [0, 0.05) is 44.9 Å². The molecule has 0 fully saturated rings. The molecule has 1 aromatic heterocycles. The zero-order valence-electron chi connectivity index (χ0n) is 43.0. The minimum atomic E-state index is -0.0820. The fraction of sp³-hybridized carbons (Fsp3) is 0.242. The molecule has 0 aliphatic carbocycles. The third-order valence-corrected chi connectivity index (χ3v) is 15.4. The van der Waals surface area contributed by atoms with Crippen LogP contribution in [0.5, 0.6) is 0 Å². The van der Waals surface area contributed by atoms with Crippen LogP contribution in [0.4, 0.5) is 34.1 Å². The van der Waals surface area contributed by atoms with Crippen molar-refractivity contribution in [2.24, 2.45) is 0 Å². The number of furan rings is 1. The summed E-state index contributed by atoms with van der Waals surface area (Å²) >= 11 is 0. The highest BCUT2D eigenvalue weighted by Crippen LogP contribution is 2.50. The Hall–Kier alpha value is -7.04. The number of para-hydroxylation sites is 1. The number of rotatable bonds is 3. The van der Waals surface area contributed by atoms with E-state index in [0.29, 0.717) is 0 Å².